The molecule has 0 atom stereocenters. The van der Waals surface area contributed by atoms with Crippen LogP contribution in [0.2, 0.25) is 5.15 Å². The zero-order chi connectivity index (χ0) is 13.3. The molecular weight excluding hydrogens is 254 g/mol. The van der Waals surface area contributed by atoms with Crippen molar-refractivity contribution < 1.29 is 4.79 Å². The maximum absolute atomic E-state index is 12.0. The molecule has 0 radical (unpaired) electrons. The van der Waals surface area contributed by atoms with Gasteiger partial charge in [-0.1, -0.05) is 11.6 Å². The standard InChI is InChI=1S/C11H12ClN5O/c1-6-8(5-17(2)16-6)14-11(18)7-3-9(12)15-10(13)4-7/h3-5H,1-2H3,(H2,13,15)(H,14,18). The molecule has 2 rings (SSSR count). The third-order valence-corrected chi connectivity index (χ3v) is 2.53. The lowest BCUT2D eigenvalue weighted by molar-refractivity contribution is 0.102. The molecule has 1 amide bonds. The molecular formula is C11H12ClN5O. The van der Waals surface area contributed by atoms with Gasteiger partial charge in [0, 0.05) is 18.8 Å². The maximum Gasteiger partial charge on any atom is 0.255 e. The van der Waals surface area contributed by atoms with Crippen molar-refractivity contribution in [2.24, 2.45) is 7.05 Å². The van der Waals surface area contributed by atoms with Crippen LogP contribution in [0, 0.1) is 6.92 Å². The molecule has 0 saturated heterocycles. The summed E-state index contributed by atoms with van der Waals surface area (Å²) in [4.78, 5) is 15.8. The minimum atomic E-state index is -0.304. The number of hydrogen-bond acceptors (Lipinski definition) is 4. The number of nitrogens with two attached hydrogens (primary N) is 1. The van der Waals surface area contributed by atoms with Gasteiger partial charge in [0.1, 0.15) is 11.0 Å². The highest BCUT2D eigenvalue weighted by atomic mass is 35.5. The molecule has 0 spiro atoms. The number of aromatic nitrogens is 3. The van der Waals surface area contributed by atoms with Crippen molar-refractivity contribution in [1.29, 1.82) is 0 Å². The Labute approximate surface area is 109 Å². The van der Waals surface area contributed by atoms with Gasteiger partial charge in [-0.05, 0) is 19.1 Å². The number of nitrogen functional groups attached to an aromatic ring is 1. The van der Waals surface area contributed by atoms with Crippen LogP contribution in [0.1, 0.15) is 16.1 Å². The average molecular weight is 266 g/mol. The number of hydrogen-bond donors (Lipinski definition) is 2. The van der Waals surface area contributed by atoms with Gasteiger partial charge >= 0.3 is 0 Å². The van der Waals surface area contributed by atoms with E-state index >= 15 is 0 Å². The first-order chi connectivity index (χ1) is 8.45. The molecule has 0 aliphatic heterocycles. The lowest BCUT2D eigenvalue weighted by Gasteiger charge is -2.04. The van der Waals surface area contributed by atoms with E-state index in [1.54, 1.807) is 17.9 Å². The number of anilines is 2. The topological polar surface area (TPSA) is 85.8 Å². The van der Waals surface area contributed by atoms with Crippen LogP contribution in [0.4, 0.5) is 11.5 Å². The molecule has 7 heteroatoms. The number of rotatable bonds is 2. The normalized spacial score (nSPS) is 10.4. The van der Waals surface area contributed by atoms with E-state index in [-0.39, 0.29) is 16.9 Å². The Morgan fingerprint density at radius 1 is 1.50 bits per heavy atom. The van der Waals surface area contributed by atoms with Gasteiger partial charge in [0.2, 0.25) is 0 Å². The van der Waals surface area contributed by atoms with E-state index in [1.165, 1.54) is 12.1 Å². The molecule has 2 heterocycles. The van der Waals surface area contributed by atoms with Crippen LogP contribution in [0.25, 0.3) is 0 Å². The van der Waals surface area contributed by atoms with Crippen molar-refractivity contribution >= 4 is 29.0 Å². The number of amides is 1. The molecule has 94 valence electrons. The molecule has 0 aliphatic rings. The molecule has 2 aromatic heterocycles. The van der Waals surface area contributed by atoms with Crippen LogP contribution >= 0.6 is 11.6 Å². The van der Waals surface area contributed by atoms with Gasteiger partial charge < -0.3 is 11.1 Å². The number of pyridine rings is 1. The smallest absolute Gasteiger partial charge is 0.255 e. The molecule has 0 aromatic carbocycles. The quantitative estimate of drug-likeness (QED) is 0.808. The summed E-state index contributed by atoms with van der Waals surface area (Å²) in [7, 11) is 1.78. The fourth-order valence-electron chi connectivity index (χ4n) is 1.57. The van der Waals surface area contributed by atoms with Gasteiger partial charge in [0.05, 0.1) is 11.4 Å². The molecule has 0 aliphatic carbocycles. The summed E-state index contributed by atoms with van der Waals surface area (Å²) in [6.45, 7) is 1.81. The summed E-state index contributed by atoms with van der Waals surface area (Å²) < 4.78 is 1.62. The van der Waals surface area contributed by atoms with Crippen molar-refractivity contribution in [2.45, 2.75) is 6.92 Å². The largest absolute Gasteiger partial charge is 0.384 e. The van der Waals surface area contributed by atoms with Crippen LogP contribution in [0.5, 0.6) is 0 Å². The van der Waals surface area contributed by atoms with Crippen molar-refractivity contribution in [2.75, 3.05) is 11.1 Å². The monoisotopic (exact) mass is 265 g/mol. The fourth-order valence-corrected chi connectivity index (χ4v) is 1.78. The summed E-state index contributed by atoms with van der Waals surface area (Å²) in [5.41, 5.74) is 7.27. The predicted molar refractivity (Wildman–Crippen MR) is 69.6 cm³/mol. The second-order valence-electron chi connectivity index (χ2n) is 3.86. The lowest BCUT2D eigenvalue weighted by atomic mass is 10.2. The van der Waals surface area contributed by atoms with Gasteiger partial charge in [0.25, 0.3) is 5.91 Å². The van der Waals surface area contributed by atoms with Crippen molar-refractivity contribution in [1.82, 2.24) is 14.8 Å². The van der Waals surface area contributed by atoms with E-state index in [4.69, 9.17) is 17.3 Å². The van der Waals surface area contributed by atoms with Crippen molar-refractivity contribution in [3.05, 3.63) is 34.7 Å². The van der Waals surface area contributed by atoms with Gasteiger partial charge in [-0.2, -0.15) is 5.10 Å². The average Bonchev–Trinajstić information content (AvgIpc) is 2.56. The SMILES string of the molecule is Cc1nn(C)cc1NC(=O)c1cc(N)nc(Cl)c1. The van der Waals surface area contributed by atoms with E-state index in [9.17, 15) is 4.79 Å². The number of nitrogens with zero attached hydrogens (tertiary/aromatic N) is 3. The van der Waals surface area contributed by atoms with Crippen molar-refractivity contribution in [3.63, 3.8) is 0 Å². The molecule has 0 saturated carbocycles. The molecule has 2 aromatic rings. The van der Waals surface area contributed by atoms with Crippen LogP contribution in [-0.4, -0.2) is 20.7 Å². The van der Waals surface area contributed by atoms with Gasteiger partial charge in [-0.15, -0.1) is 0 Å². The van der Waals surface area contributed by atoms with Gasteiger partial charge in [-0.3, -0.25) is 9.48 Å². The first kappa shape index (κ1) is 12.4. The summed E-state index contributed by atoms with van der Waals surface area (Å²) in [6.07, 6.45) is 1.72. The van der Waals surface area contributed by atoms with Crippen LogP contribution in [-0.2, 0) is 7.05 Å². The molecule has 3 N–H and O–H groups in total. The minimum absolute atomic E-state index is 0.183. The van der Waals surface area contributed by atoms with Crippen LogP contribution < -0.4 is 11.1 Å². The first-order valence-electron chi connectivity index (χ1n) is 5.20. The van der Waals surface area contributed by atoms with E-state index in [0.29, 0.717) is 11.3 Å². The Hall–Kier alpha value is -2.08. The zero-order valence-electron chi connectivity index (χ0n) is 9.94. The Morgan fingerprint density at radius 3 is 2.78 bits per heavy atom. The summed E-state index contributed by atoms with van der Waals surface area (Å²) in [5.74, 6) is -0.0994. The maximum atomic E-state index is 12.0. The zero-order valence-corrected chi connectivity index (χ0v) is 10.7. The highest BCUT2D eigenvalue weighted by molar-refractivity contribution is 6.30. The summed E-state index contributed by atoms with van der Waals surface area (Å²) in [5, 5.41) is 7.05. The highest BCUT2D eigenvalue weighted by Crippen LogP contribution is 2.16. The minimum Gasteiger partial charge on any atom is -0.384 e. The Bertz CT molecular complexity index is 587. The van der Waals surface area contributed by atoms with Crippen molar-refractivity contribution in [3.8, 4) is 0 Å². The summed E-state index contributed by atoms with van der Waals surface area (Å²) in [6, 6.07) is 2.92. The number of aryl methyl sites for hydroxylation is 2. The lowest BCUT2D eigenvalue weighted by Crippen LogP contribution is -2.13. The second kappa shape index (κ2) is 4.66. The Morgan fingerprint density at radius 2 is 2.22 bits per heavy atom. The number of halogens is 1. The third kappa shape index (κ3) is 2.60. The second-order valence-corrected chi connectivity index (χ2v) is 4.25. The first-order valence-corrected chi connectivity index (χ1v) is 5.58. The molecule has 18 heavy (non-hydrogen) atoms. The van der Waals surface area contributed by atoms with Crippen LogP contribution in [0.3, 0.4) is 0 Å². The van der Waals surface area contributed by atoms with Crippen LogP contribution in [0.15, 0.2) is 18.3 Å². The third-order valence-electron chi connectivity index (χ3n) is 2.34. The van der Waals surface area contributed by atoms with E-state index in [1.807, 2.05) is 6.92 Å². The van der Waals surface area contributed by atoms with Gasteiger partial charge in [0.15, 0.2) is 0 Å². The van der Waals surface area contributed by atoms with E-state index in [0.717, 1.165) is 5.69 Å². The molecule has 0 unspecified atom stereocenters. The highest BCUT2D eigenvalue weighted by Gasteiger charge is 2.11. The summed E-state index contributed by atoms with van der Waals surface area (Å²) >= 11 is 5.74. The van der Waals surface area contributed by atoms with Gasteiger partial charge in [-0.25, -0.2) is 4.98 Å². The number of carbonyl (C=O) groups is 1. The molecule has 0 fully saturated rings. The van der Waals surface area contributed by atoms with E-state index < -0.39 is 0 Å². The fraction of sp³-hybridized carbons (Fsp3) is 0.182. The Kier molecular flexibility index (Phi) is 3.20. The number of carbonyl (C=O) groups excluding carboxylic acids is 1. The molecule has 6 nitrogen and oxygen atoms in total. The Balaban J connectivity index is 2.24. The number of nitrogens with one attached hydrogen (secondary N) is 1. The van der Waals surface area contributed by atoms with E-state index in [2.05, 4.69) is 15.4 Å². The molecule has 0 bridgehead atoms. The predicted octanol–water partition coefficient (Wildman–Crippen LogP) is 1.61.